The lowest BCUT2D eigenvalue weighted by Crippen LogP contribution is -2.32. The van der Waals surface area contributed by atoms with E-state index in [-0.39, 0.29) is 29.3 Å². The van der Waals surface area contributed by atoms with Crippen molar-refractivity contribution >= 4 is 17.5 Å². The van der Waals surface area contributed by atoms with Crippen LogP contribution in [0.3, 0.4) is 0 Å². The lowest BCUT2D eigenvalue weighted by Gasteiger charge is -2.11. The van der Waals surface area contributed by atoms with Crippen LogP contribution in [0.25, 0.3) is 0 Å². The molecular formula is C20H23N3O4. The minimum absolute atomic E-state index is 0.0556. The van der Waals surface area contributed by atoms with Crippen LogP contribution < -0.4 is 15.4 Å². The molecule has 2 aromatic rings. The largest absolute Gasteiger partial charge is 0.494 e. The molecule has 1 saturated heterocycles. The van der Waals surface area contributed by atoms with Crippen molar-refractivity contribution in [2.75, 3.05) is 25.1 Å². The van der Waals surface area contributed by atoms with E-state index in [1.54, 1.807) is 42.5 Å². The van der Waals surface area contributed by atoms with E-state index < -0.39 is 0 Å². The summed E-state index contributed by atoms with van der Waals surface area (Å²) in [6.45, 7) is 3.67. The molecular weight excluding hydrogens is 346 g/mol. The molecule has 1 fully saturated rings. The Balaban J connectivity index is 1.59. The van der Waals surface area contributed by atoms with E-state index in [1.807, 2.05) is 6.92 Å². The zero-order valence-electron chi connectivity index (χ0n) is 15.2. The molecule has 0 aliphatic carbocycles. The number of nitrogens with one attached hydrogen (secondary N) is 2. The molecule has 1 aliphatic rings. The molecule has 1 atom stereocenters. The van der Waals surface area contributed by atoms with E-state index in [0.29, 0.717) is 18.8 Å². The van der Waals surface area contributed by atoms with Crippen molar-refractivity contribution in [1.29, 1.82) is 0 Å². The minimum atomic E-state index is -0.382. The van der Waals surface area contributed by atoms with Crippen LogP contribution in [-0.4, -0.2) is 42.7 Å². The number of carbonyl (C=O) groups is 2. The summed E-state index contributed by atoms with van der Waals surface area (Å²) < 4.78 is 10.9. The van der Waals surface area contributed by atoms with Crippen molar-refractivity contribution < 1.29 is 19.1 Å². The van der Waals surface area contributed by atoms with Gasteiger partial charge in [0, 0.05) is 18.8 Å². The van der Waals surface area contributed by atoms with Crippen molar-refractivity contribution in [1.82, 2.24) is 10.3 Å². The Morgan fingerprint density at radius 2 is 1.89 bits per heavy atom. The van der Waals surface area contributed by atoms with Crippen molar-refractivity contribution in [3.63, 3.8) is 0 Å². The Kier molecular flexibility index (Phi) is 6.38. The number of pyridine rings is 1. The fourth-order valence-electron chi connectivity index (χ4n) is 2.79. The van der Waals surface area contributed by atoms with Gasteiger partial charge in [-0.2, -0.15) is 0 Å². The highest BCUT2D eigenvalue weighted by Crippen LogP contribution is 2.16. The minimum Gasteiger partial charge on any atom is -0.494 e. The van der Waals surface area contributed by atoms with Crippen LogP contribution in [0, 0.1) is 0 Å². The fraction of sp³-hybridized carbons (Fsp3) is 0.350. The standard InChI is InChI=1S/C20H23N3O4/c1-2-26-15-10-8-14(9-11-15)22-20(25)18-7-3-6-17(23-18)19(24)21-13-16-5-4-12-27-16/h3,6-11,16H,2,4-5,12-13H2,1H3,(H,21,24)(H,22,25). The lowest BCUT2D eigenvalue weighted by atomic mass is 10.2. The van der Waals surface area contributed by atoms with Gasteiger partial charge < -0.3 is 20.1 Å². The molecule has 1 aliphatic heterocycles. The van der Waals surface area contributed by atoms with E-state index in [1.165, 1.54) is 0 Å². The van der Waals surface area contributed by atoms with Crippen LogP contribution in [0.15, 0.2) is 42.5 Å². The summed E-state index contributed by atoms with van der Waals surface area (Å²) in [5, 5.41) is 5.56. The summed E-state index contributed by atoms with van der Waals surface area (Å²) >= 11 is 0. The van der Waals surface area contributed by atoms with Gasteiger partial charge in [0.25, 0.3) is 11.8 Å². The zero-order valence-corrected chi connectivity index (χ0v) is 15.2. The maximum Gasteiger partial charge on any atom is 0.274 e. The van der Waals surface area contributed by atoms with Gasteiger partial charge in [-0.1, -0.05) is 6.07 Å². The van der Waals surface area contributed by atoms with Crippen LogP contribution in [-0.2, 0) is 4.74 Å². The molecule has 7 nitrogen and oxygen atoms in total. The summed E-state index contributed by atoms with van der Waals surface area (Å²) in [6.07, 6.45) is 2.01. The summed E-state index contributed by atoms with van der Waals surface area (Å²) in [7, 11) is 0. The third-order valence-corrected chi connectivity index (χ3v) is 4.15. The van der Waals surface area contributed by atoms with E-state index in [2.05, 4.69) is 15.6 Å². The van der Waals surface area contributed by atoms with Gasteiger partial charge in [0.05, 0.1) is 12.7 Å². The first-order chi connectivity index (χ1) is 13.2. The van der Waals surface area contributed by atoms with Gasteiger partial charge in [0.2, 0.25) is 0 Å². The number of nitrogens with zero attached hydrogens (tertiary/aromatic N) is 1. The van der Waals surface area contributed by atoms with Crippen molar-refractivity contribution in [2.45, 2.75) is 25.9 Å². The van der Waals surface area contributed by atoms with Crippen molar-refractivity contribution in [2.24, 2.45) is 0 Å². The molecule has 2 amide bonds. The smallest absolute Gasteiger partial charge is 0.274 e. The number of benzene rings is 1. The second-order valence-corrected chi connectivity index (χ2v) is 6.16. The highest BCUT2D eigenvalue weighted by atomic mass is 16.5. The summed E-state index contributed by atoms with van der Waals surface area (Å²) in [4.78, 5) is 28.8. The van der Waals surface area contributed by atoms with Gasteiger partial charge in [-0.05, 0) is 56.2 Å². The number of anilines is 1. The second kappa shape index (κ2) is 9.14. The number of hydrogen-bond donors (Lipinski definition) is 2. The number of ether oxygens (including phenoxy) is 2. The number of rotatable bonds is 7. The van der Waals surface area contributed by atoms with Gasteiger partial charge >= 0.3 is 0 Å². The maximum atomic E-state index is 12.4. The molecule has 2 N–H and O–H groups in total. The van der Waals surface area contributed by atoms with E-state index in [9.17, 15) is 9.59 Å². The van der Waals surface area contributed by atoms with Crippen LogP contribution in [0.5, 0.6) is 5.75 Å². The van der Waals surface area contributed by atoms with Crippen LogP contribution >= 0.6 is 0 Å². The Morgan fingerprint density at radius 1 is 1.15 bits per heavy atom. The Labute approximate surface area is 158 Å². The highest BCUT2D eigenvalue weighted by Gasteiger charge is 2.18. The van der Waals surface area contributed by atoms with Gasteiger partial charge in [0.1, 0.15) is 17.1 Å². The third-order valence-electron chi connectivity index (χ3n) is 4.15. The summed E-state index contributed by atoms with van der Waals surface area (Å²) in [5.41, 5.74) is 1.000. The Morgan fingerprint density at radius 3 is 2.56 bits per heavy atom. The summed E-state index contributed by atoms with van der Waals surface area (Å²) in [6, 6.07) is 11.9. The molecule has 1 aromatic heterocycles. The number of hydrogen-bond acceptors (Lipinski definition) is 5. The molecule has 0 saturated carbocycles. The fourth-order valence-corrected chi connectivity index (χ4v) is 2.79. The molecule has 0 bridgehead atoms. The van der Waals surface area contributed by atoms with Crippen molar-refractivity contribution in [3.8, 4) is 5.75 Å². The van der Waals surface area contributed by atoms with Crippen LogP contribution in [0.4, 0.5) is 5.69 Å². The molecule has 3 rings (SSSR count). The molecule has 27 heavy (non-hydrogen) atoms. The first kappa shape index (κ1) is 18.8. The monoisotopic (exact) mass is 369 g/mol. The first-order valence-corrected chi connectivity index (χ1v) is 9.07. The average Bonchev–Trinajstić information content (AvgIpc) is 3.21. The quantitative estimate of drug-likeness (QED) is 0.783. The molecule has 0 radical (unpaired) electrons. The number of carbonyl (C=O) groups excluding carboxylic acids is 2. The van der Waals surface area contributed by atoms with E-state index in [4.69, 9.17) is 9.47 Å². The maximum absolute atomic E-state index is 12.4. The SMILES string of the molecule is CCOc1ccc(NC(=O)c2cccc(C(=O)NCC3CCCO3)n2)cc1. The van der Waals surface area contributed by atoms with Gasteiger partial charge in [-0.3, -0.25) is 9.59 Å². The van der Waals surface area contributed by atoms with E-state index in [0.717, 1.165) is 25.2 Å². The predicted molar refractivity (Wildman–Crippen MR) is 101 cm³/mol. The molecule has 142 valence electrons. The van der Waals surface area contributed by atoms with E-state index >= 15 is 0 Å². The van der Waals surface area contributed by atoms with Crippen molar-refractivity contribution in [3.05, 3.63) is 53.9 Å². The lowest BCUT2D eigenvalue weighted by molar-refractivity contribution is 0.0853. The van der Waals surface area contributed by atoms with Crippen LogP contribution in [0.2, 0.25) is 0 Å². The molecule has 1 unspecified atom stereocenters. The Hall–Kier alpha value is -2.93. The summed E-state index contributed by atoms with van der Waals surface area (Å²) in [5.74, 6) is 0.0349. The predicted octanol–water partition coefficient (Wildman–Crippen LogP) is 2.64. The normalized spacial score (nSPS) is 16.0. The third kappa shape index (κ3) is 5.27. The van der Waals surface area contributed by atoms with Gasteiger partial charge in [-0.25, -0.2) is 4.98 Å². The molecule has 2 heterocycles. The number of aromatic nitrogens is 1. The molecule has 7 heteroatoms. The first-order valence-electron chi connectivity index (χ1n) is 9.07. The molecule has 0 spiro atoms. The molecule has 1 aromatic carbocycles. The van der Waals surface area contributed by atoms with Crippen LogP contribution in [0.1, 0.15) is 40.7 Å². The topological polar surface area (TPSA) is 89.5 Å². The van der Waals surface area contributed by atoms with Gasteiger partial charge in [-0.15, -0.1) is 0 Å². The highest BCUT2D eigenvalue weighted by molar-refractivity contribution is 6.03. The second-order valence-electron chi connectivity index (χ2n) is 6.16. The van der Waals surface area contributed by atoms with Gasteiger partial charge in [0.15, 0.2) is 0 Å². The average molecular weight is 369 g/mol. The number of amides is 2. The zero-order chi connectivity index (χ0) is 19.1. The Bertz CT molecular complexity index is 786.